The molecule has 0 radical (unpaired) electrons. The monoisotopic (exact) mass is 215 g/mol. The molecule has 2 heterocycles. The van der Waals surface area contributed by atoms with E-state index in [-0.39, 0.29) is 0 Å². The van der Waals surface area contributed by atoms with Gasteiger partial charge in [-0.3, -0.25) is 4.68 Å². The highest BCUT2D eigenvalue weighted by Crippen LogP contribution is 2.19. The van der Waals surface area contributed by atoms with Gasteiger partial charge in [0, 0.05) is 6.54 Å². The van der Waals surface area contributed by atoms with E-state index in [0.29, 0.717) is 6.04 Å². The number of rotatable bonds is 1. The van der Waals surface area contributed by atoms with Gasteiger partial charge in [0.25, 0.3) is 0 Å². The second kappa shape index (κ2) is 2.95. The molecule has 0 bridgehead atoms. The summed E-state index contributed by atoms with van der Waals surface area (Å²) in [6.07, 6.45) is 3.00. The summed E-state index contributed by atoms with van der Waals surface area (Å²) in [6.45, 7) is 2.15. The minimum atomic E-state index is 0.541. The van der Waals surface area contributed by atoms with Gasteiger partial charge in [-0.05, 0) is 35.0 Å². The van der Waals surface area contributed by atoms with Gasteiger partial charge in [-0.2, -0.15) is 5.10 Å². The van der Waals surface area contributed by atoms with Crippen molar-refractivity contribution in [2.24, 2.45) is 0 Å². The van der Waals surface area contributed by atoms with Gasteiger partial charge in [0.15, 0.2) is 0 Å². The summed E-state index contributed by atoms with van der Waals surface area (Å²) in [5.74, 6) is 0. The van der Waals surface area contributed by atoms with Crippen LogP contribution in [0.25, 0.3) is 0 Å². The first-order valence-corrected chi connectivity index (χ1v) is 4.57. The van der Waals surface area contributed by atoms with Gasteiger partial charge < -0.3 is 5.32 Å². The molecule has 0 amide bonds. The molecule has 0 saturated carbocycles. The molecule has 1 unspecified atom stereocenters. The second-order valence-electron chi connectivity index (χ2n) is 2.75. The van der Waals surface area contributed by atoms with Crippen molar-refractivity contribution >= 4 is 15.9 Å². The summed E-state index contributed by atoms with van der Waals surface area (Å²) < 4.78 is 3.10. The second-order valence-corrected chi connectivity index (χ2v) is 3.56. The number of nitrogens with one attached hydrogen (secondary N) is 1. The van der Waals surface area contributed by atoms with Gasteiger partial charge in [0.1, 0.15) is 4.60 Å². The van der Waals surface area contributed by atoms with E-state index in [2.05, 4.69) is 26.3 Å². The van der Waals surface area contributed by atoms with Crippen molar-refractivity contribution in [3.63, 3.8) is 0 Å². The molecule has 2 rings (SSSR count). The normalized spacial score (nSPS) is 24.3. The van der Waals surface area contributed by atoms with Crippen molar-refractivity contribution in [2.45, 2.75) is 12.5 Å². The molecule has 0 spiro atoms. The van der Waals surface area contributed by atoms with Gasteiger partial charge >= 0.3 is 0 Å². The average molecular weight is 216 g/mol. The van der Waals surface area contributed by atoms with E-state index < -0.39 is 0 Å². The van der Waals surface area contributed by atoms with Crippen molar-refractivity contribution in [1.29, 1.82) is 0 Å². The van der Waals surface area contributed by atoms with Crippen LogP contribution >= 0.6 is 15.9 Å². The van der Waals surface area contributed by atoms with Crippen molar-refractivity contribution < 1.29 is 0 Å². The first kappa shape index (κ1) is 7.31. The van der Waals surface area contributed by atoms with Crippen molar-refractivity contribution in [3.8, 4) is 0 Å². The van der Waals surface area contributed by atoms with Crippen LogP contribution in [0.5, 0.6) is 0 Å². The molecule has 1 saturated heterocycles. The van der Waals surface area contributed by atoms with Crippen molar-refractivity contribution in [2.75, 3.05) is 13.1 Å². The number of nitrogens with zero attached hydrogens (tertiary/aromatic N) is 2. The van der Waals surface area contributed by atoms with Crippen LogP contribution in [0, 0.1) is 0 Å². The molecule has 3 nitrogen and oxygen atoms in total. The SMILES string of the molecule is Brc1ccnn1C1CCNC1. The lowest BCUT2D eigenvalue weighted by molar-refractivity contribution is 0.481. The molecule has 0 aliphatic carbocycles. The predicted molar refractivity (Wildman–Crippen MR) is 46.5 cm³/mol. The van der Waals surface area contributed by atoms with E-state index in [0.717, 1.165) is 17.7 Å². The molecule has 1 fully saturated rings. The van der Waals surface area contributed by atoms with Crippen LogP contribution in [0.1, 0.15) is 12.5 Å². The lowest BCUT2D eigenvalue weighted by Gasteiger charge is -2.09. The standard InChI is InChI=1S/C7H10BrN3/c8-7-2-4-10-11(7)6-1-3-9-5-6/h2,4,6,9H,1,3,5H2. The molecule has 0 aromatic carbocycles. The fourth-order valence-electron chi connectivity index (χ4n) is 1.42. The van der Waals surface area contributed by atoms with E-state index in [1.54, 1.807) is 0 Å². The minimum Gasteiger partial charge on any atom is -0.315 e. The zero-order valence-electron chi connectivity index (χ0n) is 6.13. The topological polar surface area (TPSA) is 29.9 Å². The van der Waals surface area contributed by atoms with Crippen LogP contribution in [0.4, 0.5) is 0 Å². The number of aromatic nitrogens is 2. The Morgan fingerprint density at radius 2 is 2.64 bits per heavy atom. The van der Waals surface area contributed by atoms with Crippen LogP contribution < -0.4 is 5.32 Å². The third-order valence-electron chi connectivity index (χ3n) is 2.00. The van der Waals surface area contributed by atoms with Gasteiger partial charge in [0.2, 0.25) is 0 Å². The maximum atomic E-state index is 4.23. The van der Waals surface area contributed by atoms with Gasteiger partial charge in [-0.15, -0.1) is 0 Å². The van der Waals surface area contributed by atoms with E-state index >= 15 is 0 Å². The van der Waals surface area contributed by atoms with E-state index in [4.69, 9.17) is 0 Å². The zero-order chi connectivity index (χ0) is 7.68. The highest BCUT2D eigenvalue weighted by atomic mass is 79.9. The largest absolute Gasteiger partial charge is 0.315 e. The quantitative estimate of drug-likeness (QED) is 0.763. The maximum Gasteiger partial charge on any atom is 0.104 e. The summed E-state index contributed by atoms with van der Waals surface area (Å²) in [7, 11) is 0. The Labute approximate surface area is 73.9 Å². The highest BCUT2D eigenvalue weighted by Gasteiger charge is 2.17. The maximum absolute atomic E-state index is 4.23. The fourth-order valence-corrected chi connectivity index (χ4v) is 1.91. The lowest BCUT2D eigenvalue weighted by atomic mass is 10.3. The van der Waals surface area contributed by atoms with Gasteiger partial charge in [0.05, 0.1) is 12.2 Å². The first-order valence-electron chi connectivity index (χ1n) is 3.77. The summed E-state index contributed by atoms with van der Waals surface area (Å²) in [4.78, 5) is 0. The summed E-state index contributed by atoms with van der Waals surface area (Å²) in [6, 6.07) is 2.51. The van der Waals surface area contributed by atoms with Crippen molar-refractivity contribution in [1.82, 2.24) is 15.1 Å². The Morgan fingerprint density at radius 3 is 3.18 bits per heavy atom. The van der Waals surface area contributed by atoms with Crippen molar-refractivity contribution in [3.05, 3.63) is 16.9 Å². The molecule has 1 aliphatic rings. The van der Waals surface area contributed by atoms with E-state index in [1.165, 1.54) is 6.42 Å². The molecule has 60 valence electrons. The molecule has 11 heavy (non-hydrogen) atoms. The molecule has 4 heteroatoms. The predicted octanol–water partition coefficient (Wildman–Crippen LogP) is 1.18. The minimum absolute atomic E-state index is 0.541. The summed E-state index contributed by atoms with van der Waals surface area (Å²) in [5, 5.41) is 7.53. The molecule has 1 aliphatic heterocycles. The Morgan fingerprint density at radius 1 is 1.73 bits per heavy atom. The molecule has 1 aromatic heterocycles. The summed E-state index contributed by atoms with van der Waals surface area (Å²) in [5.41, 5.74) is 0. The Balaban J connectivity index is 2.21. The Kier molecular flexibility index (Phi) is 1.96. The lowest BCUT2D eigenvalue weighted by Crippen LogP contribution is -2.14. The number of halogens is 1. The zero-order valence-corrected chi connectivity index (χ0v) is 7.71. The fraction of sp³-hybridized carbons (Fsp3) is 0.571. The third kappa shape index (κ3) is 1.32. The Bertz CT molecular complexity index is 240. The number of hydrogen-bond donors (Lipinski definition) is 1. The molecule has 1 N–H and O–H groups in total. The first-order chi connectivity index (χ1) is 5.38. The molecular weight excluding hydrogens is 206 g/mol. The smallest absolute Gasteiger partial charge is 0.104 e. The van der Waals surface area contributed by atoms with E-state index in [9.17, 15) is 0 Å². The van der Waals surface area contributed by atoms with Crippen LogP contribution in [0.15, 0.2) is 16.9 Å². The molecule has 1 atom stereocenters. The van der Waals surface area contributed by atoms with Crippen LogP contribution in [0.3, 0.4) is 0 Å². The van der Waals surface area contributed by atoms with Gasteiger partial charge in [-0.1, -0.05) is 0 Å². The van der Waals surface area contributed by atoms with Crippen LogP contribution in [0.2, 0.25) is 0 Å². The van der Waals surface area contributed by atoms with Crippen LogP contribution in [-0.2, 0) is 0 Å². The third-order valence-corrected chi connectivity index (χ3v) is 2.63. The average Bonchev–Trinajstić information content (AvgIpc) is 2.55. The molecule has 1 aromatic rings. The summed E-state index contributed by atoms with van der Waals surface area (Å²) >= 11 is 3.45. The van der Waals surface area contributed by atoms with E-state index in [1.807, 2.05) is 16.9 Å². The van der Waals surface area contributed by atoms with Crippen LogP contribution in [-0.4, -0.2) is 22.9 Å². The number of hydrogen-bond acceptors (Lipinski definition) is 2. The Hall–Kier alpha value is -0.350. The van der Waals surface area contributed by atoms with Gasteiger partial charge in [-0.25, -0.2) is 0 Å². The highest BCUT2D eigenvalue weighted by molar-refractivity contribution is 9.10. The molecular formula is C7H10BrN3.